The highest BCUT2D eigenvalue weighted by molar-refractivity contribution is 7.14. The zero-order chi connectivity index (χ0) is 19.1. The number of anilines is 1. The Kier molecular flexibility index (Phi) is 6.68. The number of nitrogens with one attached hydrogen (secondary N) is 1. The van der Waals surface area contributed by atoms with Gasteiger partial charge in [-0.2, -0.15) is 0 Å². The molecule has 0 saturated heterocycles. The molecule has 140 valence electrons. The molecule has 0 saturated carbocycles. The van der Waals surface area contributed by atoms with Crippen LogP contribution in [-0.4, -0.2) is 24.6 Å². The third-order valence-corrected chi connectivity index (χ3v) is 4.77. The number of thiazole rings is 1. The van der Waals surface area contributed by atoms with Gasteiger partial charge >= 0.3 is 0 Å². The van der Waals surface area contributed by atoms with E-state index in [0.29, 0.717) is 29.6 Å². The third kappa shape index (κ3) is 5.45. The summed E-state index contributed by atoms with van der Waals surface area (Å²) in [5, 5.41) is 5.96. The minimum absolute atomic E-state index is 0.0874. The van der Waals surface area contributed by atoms with Crippen molar-refractivity contribution in [1.29, 1.82) is 0 Å². The predicted octanol–water partition coefficient (Wildman–Crippen LogP) is 5.27. The second-order valence-corrected chi connectivity index (χ2v) is 6.99. The van der Waals surface area contributed by atoms with Crippen LogP contribution in [0.3, 0.4) is 0 Å². The molecule has 0 aliphatic rings. The second-order valence-electron chi connectivity index (χ2n) is 5.69. The highest BCUT2D eigenvalue weighted by Gasteiger charge is 2.11. The number of hydrogen-bond acceptors (Lipinski definition) is 5. The van der Waals surface area contributed by atoms with Crippen molar-refractivity contribution in [3.8, 4) is 22.8 Å². The summed E-state index contributed by atoms with van der Waals surface area (Å²) < 4.78 is 10.9. The van der Waals surface area contributed by atoms with E-state index in [9.17, 15) is 4.79 Å². The quantitative estimate of drug-likeness (QED) is 0.521. The summed E-state index contributed by atoms with van der Waals surface area (Å²) in [5.74, 6) is 1.40. The molecule has 1 N–H and O–H groups in total. The van der Waals surface area contributed by atoms with Crippen molar-refractivity contribution < 1.29 is 14.3 Å². The molecule has 0 unspecified atom stereocenters. The van der Waals surface area contributed by atoms with E-state index in [-0.39, 0.29) is 5.91 Å². The van der Waals surface area contributed by atoms with Gasteiger partial charge in [-0.25, -0.2) is 4.98 Å². The third-order valence-electron chi connectivity index (χ3n) is 3.76. The van der Waals surface area contributed by atoms with Gasteiger partial charge in [0.15, 0.2) is 5.13 Å². The Balaban J connectivity index is 1.47. The van der Waals surface area contributed by atoms with Crippen LogP contribution in [0.15, 0.2) is 53.9 Å². The number of carbonyl (C=O) groups excluding carboxylic acids is 1. The first-order valence-corrected chi connectivity index (χ1v) is 9.68. The Labute approximate surface area is 166 Å². The maximum absolute atomic E-state index is 12.1. The van der Waals surface area contributed by atoms with Crippen molar-refractivity contribution in [2.24, 2.45) is 0 Å². The van der Waals surface area contributed by atoms with Gasteiger partial charge in [-0.1, -0.05) is 23.7 Å². The van der Waals surface area contributed by atoms with Crippen molar-refractivity contribution in [1.82, 2.24) is 4.98 Å². The van der Waals surface area contributed by atoms with Crippen molar-refractivity contribution in [3.63, 3.8) is 0 Å². The van der Waals surface area contributed by atoms with E-state index in [1.807, 2.05) is 29.6 Å². The maximum Gasteiger partial charge on any atom is 0.226 e. The Morgan fingerprint density at radius 1 is 1.19 bits per heavy atom. The molecule has 5 nitrogen and oxygen atoms in total. The smallest absolute Gasteiger partial charge is 0.226 e. The number of ether oxygens (including phenoxy) is 2. The Hall–Kier alpha value is -2.57. The molecule has 2 aromatic carbocycles. The second kappa shape index (κ2) is 9.39. The van der Waals surface area contributed by atoms with Crippen LogP contribution < -0.4 is 14.8 Å². The molecule has 27 heavy (non-hydrogen) atoms. The zero-order valence-electron chi connectivity index (χ0n) is 14.8. The molecule has 0 aliphatic heterocycles. The summed E-state index contributed by atoms with van der Waals surface area (Å²) in [4.78, 5) is 16.6. The number of methoxy groups -OCH3 is 1. The fourth-order valence-corrected chi connectivity index (χ4v) is 3.30. The van der Waals surface area contributed by atoms with Crippen molar-refractivity contribution in [2.75, 3.05) is 19.0 Å². The topological polar surface area (TPSA) is 60.5 Å². The van der Waals surface area contributed by atoms with Crippen LogP contribution in [0, 0.1) is 0 Å². The molecule has 0 aliphatic carbocycles. The number of rotatable bonds is 8. The molecule has 0 bridgehead atoms. The molecule has 1 amide bonds. The summed E-state index contributed by atoms with van der Waals surface area (Å²) >= 11 is 7.22. The zero-order valence-corrected chi connectivity index (χ0v) is 16.3. The van der Waals surface area contributed by atoms with Gasteiger partial charge in [0.05, 0.1) is 19.4 Å². The van der Waals surface area contributed by atoms with Crippen molar-refractivity contribution >= 4 is 34.0 Å². The molecule has 0 radical (unpaired) electrons. The molecule has 1 heterocycles. The van der Waals surface area contributed by atoms with Gasteiger partial charge in [-0.3, -0.25) is 4.79 Å². The van der Waals surface area contributed by atoms with Crippen LogP contribution in [0.5, 0.6) is 11.5 Å². The summed E-state index contributed by atoms with van der Waals surface area (Å²) in [6.07, 6.45) is 0.969. The van der Waals surface area contributed by atoms with E-state index in [1.165, 1.54) is 11.3 Å². The van der Waals surface area contributed by atoms with Gasteiger partial charge in [-0.05, 0) is 42.8 Å². The maximum atomic E-state index is 12.1. The van der Waals surface area contributed by atoms with Crippen LogP contribution in [0.4, 0.5) is 5.13 Å². The van der Waals surface area contributed by atoms with Gasteiger partial charge in [0.2, 0.25) is 5.91 Å². The standard InChI is InChI=1S/C20H19ClN2O3S/c1-25-18-6-3-2-5-16(18)17-13-27-20(22-17)23-19(24)7-4-12-26-15-10-8-14(21)9-11-15/h2-3,5-6,8-11,13H,4,7,12H2,1H3,(H,22,23,24). The molecule has 0 fully saturated rings. The Morgan fingerprint density at radius 2 is 1.96 bits per heavy atom. The lowest BCUT2D eigenvalue weighted by atomic mass is 10.1. The summed E-state index contributed by atoms with van der Waals surface area (Å²) in [5.41, 5.74) is 1.67. The number of carbonyl (C=O) groups is 1. The molecule has 0 atom stereocenters. The van der Waals surface area contributed by atoms with Crippen LogP contribution in [0.1, 0.15) is 12.8 Å². The fourth-order valence-electron chi connectivity index (χ4n) is 2.45. The van der Waals surface area contributed by atoms with E-state index in [1.54, 1.807) is 31.4 Å². The van der Waals surface area contributed by atoms with E-state index in [2.05, 4.69) is 10.3 Å². The van der Waals surface area contributed by atoms with Crippen LogP contribution in [0.2, 0.25) is 5.02 Å². The predicted molar refractivity (Wildman–Crippen MR) is 109 cm³/mol. The summed E-state index contributed by atoms with van der Waals surface area (Å²) in [6, 6.07) is 14.8. The first kappa shape index (κ1) is 19.2. The summed E-state index contributed by atoms with van der Waals surface area (Å²) in [6.45, 7) is 0.458. The fraction of sp³-hybridized carbons (Fsp3) is 0.200. The first-order chi connectivity index (χ1) is 13.2. The number of nitrogens with zero attached hydrogens (tertiary/aromatic N) is 1. The van der Waals surface area contributed by atoms with Gasteiger partial charge in [0, 0.05) is 22.4 Å². The molecular formula is C20H19ClN2O3S. The monoisotopic (exact) mass is 402 g/mol. The molecule has 3 rings (SSSR count). The molecule has 7 heteroatoms. The van der Waals surface area contributed by atoms with Gasteiger partial charge in [0.25, 0.3) is 0 Å². The highest BCUT2D eigenvalue weighted by atomic mass is 35.5. The number of benzene rings is 2. The van der Waals surface area contributed by atoms with Gasteiger partial charge in [-0.15, -0.1) is 11.3 Å². The lowest BCUT2D eigenvalue weighted by Crippen LogP contribution is -2.12. The van der Waals surface area contributed by atoms with E-state index in [4.69, 9.17) is 21.1 Å². The number of para-hydroxylation sites is 1. The molecular weight excluding hydrogens is 384 g/mol. The molecule has 1 aromatic heterocycles. The highest BCUT2D eigenvalue weighted by Crippen LogP contribution is 2.31. The number of aromatic nitrogens is 1. The Morgan fingerprint density at radius 3 is 2.74 bits per heavy atom. The first-order valence-electron chi connectivity index (χ1n) is 8.43. The molecule has 0 spiro atoms. The van der Waals surface area contributed by atoms with Crippen LogP contribution in [-0.2, 0) is 4.79 Å². The van der Waals surface area contributed by atoms with E-state index < -0.39 is 0 Å². The summed E-state index contributed by atoms with van der Waals surface area (Å²) in [7, 11) is 1.62. The lowest BCUT2D eigenvalue weighted by Gasteiger charge is -2.06. The average Bonchev–Trinajstić information content (AvgIpc) is 3.14. The van der Waals surface area contributed by atoms with Gasteiger partial charge < -0.3 is 14.8 Å². The number of amides is 1. The average molecular weight is 403 g/mol. The Bertz CT molecular complexity index is 896. The normalized spacial score (nSPS) is 10.4. The van der Waals surface area contributed by atoms with Crippen molar-refractivity contribution in [3.05, 3.63) is 58.9 Å². The largest absolute Gasteiger partial charge is 0.496 e. The van der Waals surface area contributed by atoms with Crippen LogP contribution >= 0.6 is 22.9 Å². The van der Waals surface area contributed by atoms with Crippen molar-refractivity contribution in [2.45, 2.75) is 12.8 Å². The number of hydrogen-bond donors (Lipinski definition) is 1. The number of halogens is 1. The lowest BCUT2D eigenvalue weighted by molar-refractivity contribution is -0.116. The van der Waals surface area contributed by atoms with Crippen LogP contribution in [0.25, 0.3) is 11.3 Å². The SMILES string of the molecule is COc1ccccc1-c1csc(NC(=O)CCCOc2ccc(Cl)cc2)n1. The minimum Gasteiger partial charge on any atom is -0.496 e. The molecule has 3 aromatic rings. The van der Waals surface area contributed by atoms with Gasteiger partial charge in [0.1, 0.15) is 11.5 Å². The minimum atomic E-state index is -0.0874. The van der Waals surface area contributed by atoms with E-state index >= 15 is 0 Å². The van der Waals surface area contributed by atoms with E-state index in [0.717, 1.165) is 22.8 Å².